The van der Waals surface area contributed by atoms with Gasteiger partial charge in [0, 0.05) is 22.8 Å². The Labute approximate surface area is 205 Å². The van der Waals surface area contributed by atoms with Crippen molar-refractivity contribution < 1.29 is 31.1 Å². The SMILES string of the molecule is CCCOC1=NC(N)(c2cc(CC)nc3nc(-c4ncsc4C(F)(F)F)ccc23)NC=C1C(F)(F)F. The molecule has 0 aliphatic carbocycles. The highest BCUT2D eigenvalue weighted by Crippen LogP contribution is 2.40. The van der Waals surface area contributed by atoms with E-state index >= 15 is 0 Å². The lowest BCUT2D eigenvalue weighted by atomic mass is 10.0. The van der Waals surface area contributed by atoms with Crippen LogP contribution in [-0.2, 0) is 23.1 Å². The zero-order valence-corrected chi connectivity index (χ0v) is 19.8. The number of nitrogens with two attached hydrogens (primary N) is 1. The molecule has 0 saturated carbocycles. The summed E-state index contributed by atoms with van der Waals surface area (Å²) < 4.78 is 86.0. The number of hydrogen-bond acceptors (Lipinski definition) is 8. The van der Waals surface area contributed by atoms with Crippen molar-refractivity contribution in [2.75, 3.05) is 6.61 Å². The minimum absolute atomic E-state index is 0.0142. The van der Waals surface area contributed by atoms with Crippen LogP contribution in [0.2, 0.25) is 0 Å². The number of nitrogens with zero attached hydrogens (tertiary/aromatic N) is 4. The van der Waals surface area contributed by atoms with Gasteiger partial charge in [-0.1, -0.05) is 13.8 Å². The van der Waals surface area contributed by atoms with E-state index in [0.717, 1.165) is 5.51 Å². The molecule has 0 bridgehead atoms. The summed E-state index contributed by atoms with van der Waals surface area (Å²) in [5.74, 6) is -2.56. The van der Waals surface area contributed by atoms with Gasteiger partial charge < -0.3 is 10.1 Å². The first-order valence-electron chi connectivity index (χ1n) is 10.8. The van der Waals surface area contributed by atoms with Gasteiger partial charge in [0.15, 0.2) is 5.65 Å². The Morgan fingerprint density at radius 3 is 2.47 bits per heavy atom. The van der Waals surface area contributed by atoms with E-state index in [1.54, 1.807) is 19.9 Å². The van der Waals surface area contributed by atoms with Crippen LogP contribution in [0.4, 0.5) is 26.3 Å². The van der Waals surface area contributed by atoms with Crippen molar-refractivity contribution in [2.45, 2.75) is 44.8 Å². The Balaban J connectivity index is 1.86. The number of aromatic nitrogens is 3. The van der Waals surface area contributed by atoms with Crippen molar-refractivity contribution in [3.8, 4) is 11.4 Å². The first kappa shape index (κ1) is 25.8. The quantitative estimate of drug-likeness (QED) is 0.436. The molecule has 4 rings (SSSR count). The van der Waals surface area contributed by atoms with Crippen LogP contribution in [-0.4, -0.2) is 33.6 Å². The molecule has 36 heavy (non-hydrogen) atoms. The second-order valence-electron chi connectivity index (χ2n) is 7.84. The third-order valence-corrected chi connectivity index (χ3v) is 6.13. The van der Waals surface area contributed by atoms with Gasteiger partial charge in [0.05, 0.1) is 17.8 Å². The second kappa shape index (κ2) is 9.32. The van der Waals surface area contributed by atoms with E-state index in [9.17, 15) is 26.3 Å². The number of nitrogens with one attached hydrogen (secondary N) is 1. The molecule has 0 fully saturated rings. The number of ether oxygens (including phenoxy) is 1. The van der Waals surface area contributed by atoms with Gasteiger partial charge in [0.25, 0.3) is 0 Å². The number of hydrogen-bond donors (Lipinski definition) is 2. The maximum absolute atomic E-state index is 13.5. The molecule has 0 spiro atoms. The van der Waals surface area contributed by atoms with Gasteiger partial charge in [0.2, 0.25) is 11.7 Å². The van der Waals surface area contributed by atoms with Crippen molar-refractivity contribution in [1.82, 2.24) is 20.3 Å². The summed E-state index contributed by atoms with van der Waals surface area (Å²) in [6.45, 7) is 3.50. The molecule has 0 amide bonds. The minimum atomic E-state index is -4.74. The van der Waals surface area contributed by atoms with Crippen LogP contribution in [0.15, 0.2) is 40.5 Å². The van der Waals surface area contributed by atoms with E-state index in [-0.39, 0.29) is 34.6 Å². The van der Waals surface area contributed by atoms with Crippen molar-refractivity contribution in [1.29, 1.82) is 0 Å². The fourth-order valence-electron chi connectivity index (χ4n) is 3.56. The van der Waals surface area contributed by atoms with Crippen LogP contribution in [0.25, 0.3) is 22.4 Å². The molecular formula is C22H20F6N6OS. The molecule has 4 heterocycles. The van der Waals surface area contributed by atoms with Crippen LogP contribution in [0.3, 0.4) is 0 Å². The standard InChI is InChI=1S/C22H20F6N6OS/c1-3-7-35-19-14(20(23,24)25)9-31-22(29,34-19)13-8-11(4-2)32-18-12(13)5-6-15(33-18)16-17(21(26,27)28)36-10-30-16/h5-6,8-10,31H,3-4,7,29H2,1-2H3. The van der Waals surface area contributed by atoms with Crippen LogP contribution in [0.5, 0.6) is 0 Å². The van der Waals surface area contributed by atoms with Crippen LogP contribution < -0.4 is 11.1 Å². The Hall–Kier alpha value is -3.26. The molecule has 192 valence electrons. The van der Waals surface area contributed by atoms with Gasteiger partial charge >= 0.3 is 12.4 Å². The average Bonchev–Trinajstić information content (AvgIpc) is 3.31. The zero-order chi connectivity index (χ0) is 26.3. The number of fused-ring (bicyclic) bond motifs is 1. The number of halogens is 6. The lowest BCUT2D eigenvalue weighted by Gasteiger charge is -2.32. The largest absolute Gasteiger partial charge is 0.477 e. The molecule has 3 aromatic heterocycles. The number of rotatable bonds is 5. The molecule has 1 aliphatic rings. The Morgan fingerprint density at radius 1 is 1.08 bits per heavy atom. The van der Waals surface area contributed by atoms with E-state index in [1.165, 1.54) is 12.1 Å². The third kappa shape index (κ3) is 4.87. The van der Waals surface area contributed by atoms with E-state index in [2.05, 4.69) is 25.3 Å². The number of aliphatic imine (C=N–C) groups is 1. The van der Waals surface area contributed by atoms with Gasteiger partial charge in [-0.3, -0.25) is 5.73 Å². The van der Waals surface area contributed by atoms with Crippen molar-refractivity contribution >= 4 is 28.3 Å². The molecule has 1 aliphatic heterocycles. The minimum Gasteiger partial charge on any atom is -0.477 e. The predicted octanol–water partition coefficient (Wildman–Crippen LogP) is 5.28. The second-order valence-corrected chi connectivity index (χ2v) is 8.70. The molecule has 1 unspecified atom stereocenters. The van der Waals surface area contributed by atoms with Crippen molar-refractivity contribution in [2.24, 2.45) is 10.7 Å². The van der Waals surface area contributed by atoms with E-state index in [0.29, 0.717) is 36.1 Å². The molecule has 0 aromatic carbocycles. The van der Waals surface area contributed by atoms with Crippen LogP contribution in [0, 0.1) is 0 Å². The van der Waals surface area contributed by atoms with Gasteiger partial charge in [-0.15, -0.1) is 11.3 Å². The van der Waals surface area contributed by atoms with Gasteiger partial charge in [-0.05, 0) is 31.0 Å². The van der Waals surface area contributed by atoms with E-state index in [4.69, 9.17) is 10.5 Å². The summed E-state index contributed by atoms with van der Waals surface area (Å²) in [6.07, 6.45) is -7.83. The number of pyridine rings is 2. The lowest BCUT2D eigenvalue weighted by Crippen LogP contribution is -2.51. The summed E-state index contributed by atoms with van der Waals surface area (Å²) >= 11 is 0.442. The van der Waals surface area contributed by atoms with Gasteiger partial charge in [0.1, 0.15) is 16.1 Å². The monoisotopic (exact) mass is 530 g/mol. The molecule has 0 radical (unpaired) electrons. The molecule has 7 nitrogen and oxygen atoms in total. The summed E-state index contributed by atoms with van der Waals surface area (Å²) in [5, 5.41) is 2.79. The van der Waals surface area contributed by atoms with E-state index < -0.39 is 34.5 Å². The highest BCUT2D eigenvalue weighted by Gasteiger charge is 2.44. The summed E-state index contributed by atoms with van der Waals surface area (Å²) in [4.78, 5) is 15.7. The molecule has 1 atom stereocenters. The van der Waals surface area contributed by atoms with Crippen molar-refractivity contribution in [3.05, 3.63) is 51.6 Å². The number of thiazole rings is 1. The molecule has 14 heteroatoms. The Bertz CT molecular complexity index is 1350. The first-order chi connectivity index (χ1) is 16.9. The Morgan fingerprint density at radius 2 is 1.83 bits per heavy atom. The fourth-order valence-corrected chi connectivity index (χ4v) is 4.23. The van der Waals surface area contributed by atoms with Gasteiger partial charge in [-0.25, -0.2) is 19.9 Å². The molecule has 3 aromatic rings. The zero-order valence-electron chi connectivity index (χ0n) is 19.0. The Kier molecular flexibility index (Phi) is 6.68. The average molecular weight is 530 g/mol. The van der Waals surface area contributed by atoms with Crippen LogP contribution >= 0.6 is 11.3 Å². The summed E-state index contributed by atoms with van der Waals surface area (Å²) in [5.41, 5.74) is 6.74. The smallest absolute Gasteiger partial charge is 0.427 e. The van der Waals surface area contributed by atoms with Gasteiger partial charge in [-0.2, -0.15) is 26.3 Å². The topological polar surface area (TPSA) is 98.3 Å². The molecule has 3 N–H and O–H groups in total. The maximum atomic E-state index is 13.5. The first-order valence-corrected chi connectivity index (χ1v) is 11.6. The lowest BCUT2D eigenvalue weighted by molar-refractivity contribution is -0.134. The van der Waals surface area contributed by atoms with E-state index in [1.807, 2.05) is 0 Å². The predicted molar refractivity (Wildman–Crippen MR) is 122 cm³/mol. The van der Waals surface area contributed by atoms with Crippen molar-refractivity contribution in [3.63, 3.8) is 0 Å². The molecular weight excluding hydrogens is 510 g/mol. The normalized spacial score (nSPS) is 18.6. The number of alkyl halides is 6. The van der Waals surface area contributed by atoms with Crippen LogP contribution in [0.1, 0.15) is 36.4 Å². The highest BCUT2D eigenvalue weighted by molar-refractivity contribution is 7.10. The summed E-state index contributed by atoms with van der Waals surface area (Å²) in [6, 6.07) is 4.33. The maximum Gasteiger partial charge on any atom is 0.427 e. The molecule has 0 saturated heterocycles. The third-order valence-electron chi connectivity index (χ3n) is 5.26. The fraction of sp³-hybridized carbons (Fsp3) is 0.364. The highest BCUT2D eigenvalue weighted by atomic mass is 32.1. The summed E-state index contributed by atoms with van der Waals surface area (Å²) in [7, 11) is 0. The number of aryl methyl sites for hydroxylation is 1.